The van der Waals surface area contributed by atoms with E-state index >= 15 is 0 Å². The Morgan fingerprint density at radius 1 is 1.33 bits per heavy atom. The molecule has 18 heavy (non-hydrogen) atoms. The van der Waals surface area contributed by atoms with Gasteiger partial charge < -0.3 is 5.32 Å². The Balaban J connectivity index is 1.85. The van der Waals surface area contributed by atoms with Crippen molar-refractivity contribution < 1.29 is 4.79 Å². The average molecular weight is 262 g/mol. The minimum absolute atomic E-state index is 0.0555. The van der Waals surface area contributed by atoms with Crippen molar-refractivity contribution in [3.05, 3.63) is 24.4 Å². The first-order valence-electron chi connectivity index (χ1n) is 6.09. The van der Waals surface area contributed by atoms with Crippen LogP contribution in [0.5, 0.6) is 0 Å². The number of carbonyl (C=O) groups excluding carboxylic acids is 1. The molecular weight excluding hydrogens is 248 g/mol. The highest BCUT2D eigenvalue weighted by Crippen LogP contribution is 2.26. The lowest BCUT2D eigenvalue weighted by Crippen LogP contribution is -2.30. The Hall–Kier alpha value is -1.56. The van der Waals surface area contributed by atoms with Crippen molar-refractivity contribution in [2.45, 2.75) is 29.7 Å². The lowest BCUT2D eigenvalue weighted by Gasteiger charge is -2.10. The zero-order valence-electron chi connectivity index (χ0n) is 9.87. The van der Waals surface area contributed by atoms with E-state index in [-0.39, 0.29) is 11.2 Å². The van der Waals surface area contributed by atoms with Crippen LogP contribution in [-0.4, -0.2) is 32.3 Å². The van der Waals surface area contributed by atoms with Gasteiger partial charge in [0, 0.05) is 12.7 Å². The molecule has 6 heteroatoms. The number of thioether (sulfide) groups is 1. The highest BCUT2D eigenvalue weighted by atomic mass is 32.2. The van der Waals surface area contributed by atoms with Crippen molar-refractivity contribution in [2.24, 2.45) is 0 Å². The summed E-state index contributed by atoms with van der Waals surface area (Å²) in [6.07, 6.45) is 4.96. The molecule has 0 aliphatic carbocycles. The second kappa shape index (κ2) is 4.97. The minimum atomic E-state index is -0.0555. The molecule has 1 atom stereocenters. The van der Waals surface area contributed by atoms with Crippen LogP contribution < -0.4 is 5.32 Å². The molecule has 3 rings (SSSR count). The van der Waals surface area contributed by atoms with Crippen LogP contribution in [0.1, 0.15) is 19.3 Å². The molecule has 1 aliphatic heterocycles. The lowest BCUT2D eigenvalue weighted by molar-refractivity contribution is -0.120. The largest absolute Gasteiger partial charge is 0.355 e. The van der Waals surface area contributed by atoms with Crippen LogP contribution in [0, 0.1) is 0 Å². The number of amides is 1. The predicted octanol–water partition coefficient (Wildman–Crippen LogP) is 1.49. The Kier molecular flexibility index (Phi) is 3.19. The van der Waals surface area contributed by atoms with Gasteiger partial charge in [0.2, 0.25) is 5.91 Å². The summed E-state index contributed by atoms with van der Waals surface area (Å²) in [5.41, 5.74) is 0.814. The molecule has 3 heterocycles. The van der Waals surface area contributed by atoms with E-state index in [1.165, 1.54) is 11.8 Å². The molecule has 1 fully saturated rings. The summed E-state index contributed by atoms with van der Waals surface area (Å²) >= 11 is 1.50. The number of fused-ring (bicyclic) bond motifs is 1. The Labute approximate surface area is 109 Å². The number of hydrogen-bond donors (Lipinski definition) is 1. The molecule has 2 aromatic rings. The number of pyridine rings is 1. The van der Waals surface area contributed by atoms with Crippen LogP contribution in [0.2, 0.25) is 0 Å². The van der Waals surface area contributed by atoms with E-state index < -0.39 is 0 Å². The molecule has 0 saturated carbocycles. The molecule has 5 nitrogen and oxygen atoms in total. The number of rotatable bonds is 2. The van der Waals surface area contributed by atoms with Gasteiger partial charge >= 0.3 is 0 Å². The Bertz CT molecular complexity index is 568. The van der Waals surface area contributed by atoms with E-state index in [4.69, 9.17) is 0 Å². The first-order valence-corrected chi connectivity index (χ1v) is 6.97. The quantitative estimate of drug-likeness (QED) is 0.891. The van der Waals surface area contributed by atoms with Crippen molar-refractivity contribution >= 4 is 23.3 Å². The summed E-state index contributed by atoms with van der Waals surface area (Å²) in [4.78, 5) is 11.9. The number of aromatic nitrogens is 3. The summed E-state index contributed by atoms with van der Waals surface area (Å²) in [5.74, 6) is 0.116. The summed E-state index contributed by atoms with van der Waals surface area (Å²) in [5, 5.41) is 11.9. The summed E-state index contributed by atoms with van der Waals surface area (Å²) in [6, 6.07) is 5.77. The van der Waals surface area contributed by atoms with Gasteiger partial charge in [-0.05, 0) is 25.0 Å². The lowest BCUT2D eigenvalue weighted by atomic mass is 10.2. The normalized spacial score (nSPS) is 20.7. The monoisotopic (exact) mass is 262 g/mol. The van der Waals surface area contributed by atoms with Crippen LogP contribution in [0.3, 0.4) is 0 Å². The molecule has 0 unspecified atom stereocenters. The number of nitrogens with zero attached hydrogens (tertiary/aromatic N) is 3. The van der Waals surface area contributed by atoms with Crippen molar-refractivity contribution in [2.75, 3.05) is 6.54 Å². The Morgan fingerprint density at radius 3 is 3.22 bits per heavy atom. The van der Waals surface area contributed by atoms with Gasteiger partial charge in [0.25, 0.3) is 0 Å². The standard InChI is InChI=1S/C12H14N4OS/c17-11-9(5-1-3-7-13-11)18-12-15-14-10-6-2-4-8-16(10)12/h2,4,6,8-9H,1,3,5,7H2,(H,13,17)/t9-/m0/s1. The minimum Gasteiger partial charge on any atom is -0.355 e. The zero-order valence-corrected chi connectivity index (χ0v) is 10.7. The van der Waals surface area contributed by atoms with Crippen molar-refractivity contribution in [1.82, 2.24) is 19.9 Å². The van der Waals surface area contributed by atoms with Gasteiger partial charge in [0.1, 0.15) is 0 Å². The summed E-state index contributed by atoms with van der Waals surface area (Å²) in [6.45, 7) is 0.788. The van der Waals surface area contributed by atoms with Crippen LogP contribution >= 0.6 is 11.8 Å². The van der Waals surface area contributed by atoms with Gasteiger partial charge in [0.15, 0.2) is 10.8 Å². The zero-order chi connectivity index (χ0) is 12.4. The van der Waals surface area contributed by atoms with Crippen LogP contribution in [0.15, 0.2) is 29.6 Å². The third-order valence-corrected chi connectivity index (χ3v) is 4.24. The molecule has 0 aromatic carbocycles. The van der Waals surface area contributed by atoms with Crippen LogP contribution in [-0.2, 0) is 4.79 Å². The summed E-state index contributed by atoms with van der Waals surface area (Å²) in [7, 11) is 0. The molecule has 1 aliphatic rings. The second-order valence-electron chi connectivity index (χ2n) is 4.30. The maximum absolute atomic E-state index is 11.9. The molecule has 0 spiro atoms. The van der Waals surface area contributed by atoms with Gasteiger partial charge in [-0.25, -0.2) is 0 Å². The summed E-state index contributed by atoms with van der Waals surface area (Å²) < 4.78 is 1.92. The molecule has 1 amide bonds. The van der Waals surface area contributed by atoms with E-state index in [0.29, 0.717) is 0 Å². The van der Waals surface area contributed by atoms with Gasteiger partial charge in [-0.3, -0.25) is 9.20 Å². The fourth-order valence-corrected chi connectivity index (χ4v) is 3.14. The SMILES string of the molecule is O=C1NCCCC[C@@H]1Sc1nnc2ccccn12. The van der Waals surface area contributed by atoms with E-state index in [1.807, 2.05) is 28.8 Å². The highest BCUT2D eigenvalue weighted by molar-refractivity contribution is 8.00. The molecule has 94 valence electrons. The van der Waals surface area contributed by atoms with Crippen molar-refractivity contribution in [3.8, 4) is 0 Å². The molecule has 1 saturated heterocycles. The number of carbonyl (C=O) groups is 1. The van der Waals surface area contributed by atoms with E-state index in [2.05, 4.69) is 15.5 Å². The molecule has 1 N–H and O–H groups in total. The van der Waals surface area contributed by atoms with E-state index in [9.17, 15) is 4.79 Å². The van der Waals surface area contributed by atoms with Crippen molar-refractivity contribution in [3.63, 3.8) is 0 Å². The maximum atomic E-state index is 11.9. The smallest absolute Gasteiger partial charge is 0.233 e. The molecule has 2 aromatic heterocycles. The highest BCUT2D eigenvalue weighted by Gasteiger charge is 2.23. The topological polar surface area (TPSA) is 59.3 Å². The van der Waals surface area contributed by atoms with Crippen LogP contribution in [0.25, 0.3) is 5.65 Å². The maximum Gasteiger partial charge on any atom is 0.233 e. The van der Waals surface area contributed by atoms with E-state index in [0.717, 1.165) is 36.6 Å². The fraction of sp³-hybridized carbons (Fsp3) is 0.417. The molecule has 0 radical (unpaired) electrons. The van der Waals surface area contributed by atoms with Gasteiger partial charge in [-0.15, -0.1) is 10.2 Å². The van der Waals surface area contributed by atoms with Gasteiger partial charge in [-0.1, -0.05) is 24.2 Å². The number of nitrogens with one attached hydrogen (secondary N) is 1. The first kappa shape index (κ1) is 11.5. The second-order valence-corrected chi connectivity index (χ2v) is 5.47. The van der Waals surface area contributed by atoms with Gasteiger partial charge in [0.05, 0.1) is 5.25 Å². The third-order valence-electron chi connectivity index (χ3n) is 3.01. The third kappa shape index (κ3) is 2.20. The first-order chi connectivity index (χ1) is 8.84. The van der Waals surface area contributed by atoms with Gasteiger partial charge in [-0.2, -0.15) is 0 Å². The Morgan fingerprint density at radius 2 is 2.28 bits per heavy atom. The molecule has 0 bridgehead atoms. The fourth-order valence-electron chi connectivity index (χ4n) is 2.05. The van der Waals surface area contributed by atoms with Crippen molar-refractivity contribution in [1.29, 1.82) is 0 Å². The molecular formula is C12H14N4OS. The average Bonchev–Trinajstić information content (AvgIpc) is 2.69. The van der Waals surface area contributed by atoms with E-state index in [1.54, 1.807) is 0 Å². The number of hydrogen-bond acceptors (Lipinski definition) is 4. The van der Waals surface area contributed by atoms with Crippen LogP contribution in [0.4, 0.5) is 0 Å². The predicted molar refractivity (Wildman–Crippen MR) is 69.5 cm³/mol.